The van der Waals surface area contributed by atoms with Crippen LogP contribution in [0.5, 0.6) is 0 Å². The Morgan fingerprint density at radius 3 is 3.09 bits per heavy atom. The molecule has 1 fully saturated rings. The van der Waals surface area contributed by atoms with Crippen molar-refractivity contribution in [2.45, 2.75) is 38.8 Å². The number of nitrogens with one attached hydrogen (secondary N) is 1. The second-order valence-electron chi connectivity index (χ2n) is 6.27. The molecule has 0 radical (unpaired) electrons. The number of aromatic nitrogens is 3. The summed E-state index contributed by atoms with van der Waals surface area (Å²) in [5.41, 5.74) is 2.12. The van der Waals surface area contributed by atoms with Crippen LogP contribution in [0.1, 0.15) is 30.7 Å². The number of aryl methyl sites for hydroxylation is 1. The predicted molar refractivity (Wildman–Crippen MR) is 89.4 cm³/mol. The number of fused-ring (bicyclic) bond motifs is 1. The van der Waals surface area contributed by atoms with E-state index in [9.17, 15) is 4.79 Å². The fourth-order valence-electron chi connectivity index (χ4n) is 3.34. The normalized spacial score (nSPS) is 20.5. The number of nitrogens with zero attached hydrogens (tertiary/aromatic N) is 4. The molecule has 2 aromatic rings. The number of hydrogen-bond acceptors (Lipinski definition) is 5. The van der Waals surface area contributed by atoms with E-state index in [0.717, 1.165) is 49.0 Å². The highest BCUT2D eigenvalue weighted by molar-refractivity contribution is 7.13. The minimum atomic E-state index is 0.0517. The number of carbonyl (C=O) groups excluding carboxylic acids is 1. The van der Waals surface area contributed by atoms with Gasteiger partial charge in [-0.2, -0.15) is 5.10 Å². The summed E-state index contributed by atoms with van der Waals surface area (Å²) in [5, 5.41) is 10.5. The van der Waals surface area contributed by atoms with Crippen molar-refractivity contribution in [1.29, 1.82) is 0 Å². The van der Waals surface area contributed by atoms with E-state index in [1.807, 2.05) is 16.9 Å². The second-order valence-corrected chi connectivity index (χ2v) is 7.11. The fraction of sp³-hybridized carbons (Fsp3) is 0.562. The third-order valence-corrected chi connectivity index (χ3v) is 5.63. The molecule has 7 heteroatoms. The molecule has 2 aliphatic heterocycles. The molecule has 1 unspecified atom stereocenters. The smallest absolute Gasteiger partial charge is 0.223 e. The van der Waals surface area contributed by atoms with Gasteiger partial charge < -0.3 is 10.2 Å². The van der Waals surface area contributed by atoms with Gasteiger partial charge in [0.2, 0.25) is 5.91 Å². The minimum absolute atomic E-state index is 0.0517. The Kier molecular flexibility index (Phi) is 4.03. The van der Waals surface area contributed by atoms with Crippen LogP contribution in [0.15, 0.2) is 17.6 Å². The van der Waals surface area contributed by atoms with Gasteiger partial charge in [-0.1, -0.05) is 0 Å². The van der Waals surface area contributed by atoms with Gasteiger partial charge in [0.15, 0.2) is 5.13 Å². The molecule has 1 atom stereocenters. The summed E-state index contributed by atoms with van der Waals surface area (Å²) in [5.74, 6) is 0.184. The van der Waals surface area contributed by atoms with Crippen LogP contribution in [0.2, 0.25) is 0 Å². The van der Waals surface area contributed by atoms with Crippen molar-refractivity contribution in [3.8, 4) is 0 Å². The zero-order valence-electron chi connectivity index (χ0n) is 13.1. The Hall–Kier alpha value is -1.89. The summed E-state index contributed by atoms with van der Waals surface area (Å²) >= 11 is 1.68. The number of anilines is 1. The first-order valence-electron chi connectivity index (χ1n) is 8.27. The highest BCUT2D eigenvalue weighted by atomic mass is 32.1. The van der Waals surface area contributed by atoms with Crippen molar-refractivity contribution in [1.82, 2.24) is 20.1 Å². The van der Waals surface area contributed by atoms with Crippen molar-refractivity contribution < 1.29 is 4.79 Å². The number of rotatable bonds is 4. The van der Waals surface area contributed by atoms with Gasteiger partial charge in [0.05, 0.1) is 12.2 Å². The quantitative estimate of drug-likeness (QED) is 0.928. The maximum atomic E-state index is 12.4. The molecule has 23 heavy (non-hydrogen) atoms. The van der Waals surface area contributed by atoms with Crippen molar-refractivity contribution in [3.63, 3.8) is 0 Å². The molecule has 4 heterocycles. The molecular weight excluding hydrogens is 310 g/mol. The Labute approximate surface area is 139 Å². The predicted octanol–water partition coefficient (Wildman–Crippen LogP) is 1.82. The molecule has 0 aliphatic carbocycles. The maximum absolute atomic E-state index is 12.4. The Bertz CT molecular complexity index is 688. The topological polar surface area (TPSA) is 63.1 Å². The number of carbonyl (C=O) groups is 1. The summed E-state index contributed by atoms with van der Waals surface area (Å²) in [4.78, 5) is 19.4. The lowest BCUT2D eigenvalue weighted by atomic mass is 9.95. The van der Waals surface area contributed by atoms with Crippen molar-refractivity contribution in [2.24, 2.45) is 5.92 Å². The van der Waals surface area contributed by atoms with Gasteiger partial charge in [0, 0.05) is 49.2 Å². The molecule has 4 rings (SSSR count). The van der Waals surface area contributed by atoms with Crippen LogP contribution in [0.3, 0.4) is 0 Å². The number of amides is 1. The van der Waals surface area contributed by atoms with E-state index in [-0.39, 0.29) is 11.8 Å². The van der Waals surface area contributed by atoms with Crippen LogP contribution < -0.4 is 10.2 Å². The SMILES string of the molecule is O=C(NCc1csc(N2CCCC2)n1)C1CCn2nccc2C1. The first-order valence-corrected chi connectivity index (χ1v) is 9.15. The maximum Gasteiger partial charge on any atom is 0.223 e. The standard InChI is InChI=1S/C16H21N5OS/c22-15(12-4-8-21-14(9-12)3-5-18-21)17-10-13-11-23-16(19-13)20-6-1-2-7-20/h3,5,11-12H,1-2,4,6-10H2,(H,17,22). The lowest BCUT2D eigenvalue weighted by Crippen LogP contribution is -2.35. The zero-order chi connectivity index (χ0) is 15.6. The van der Waals surface area contributed by atoms with E-state index in [4.69, 9.17) is 0 Å². The Morgan fingerprint density at radius 2 is 2.22 bits per heavy atom. The van der Waals surface area contributed by atoms with Crippen molar-refractivity contribution in [3.05, 3.63) is 29.0 Å². The molecule has 2 aliphatic rings. The third-order valence-electron chi connectivity index (χ3n) is 4.68. The lowest BCUT2D eigenvalue weighted by Gasteiger charge is -2.22. The van der Waals surface area contributed by atoms with Crippen molar-refractivity contribution >= 4 is 22.4 Å². The second kappa shape index (κ2) is 6.31. The largest absolute Gasteiger partial charge is 0.350 e. The first-order chi connectivity index (χ1) is 11.3. The van der Waals surface area contributed by atoms with Crippen LogP contribution >= 0.6 is 11.3 Å². The van der Waals surface area contributed by atoms with E-state index in [0.29, 0.717) is 6.54 Å². The van der Waals surface area contributed by atoms with Crippen LogP contribution in [0.25, 0.3) is 0 Å². The summed E-state index contributed by atoms with van der Waals surface area (Å²) in [7, 11) is 0. The minimum Gasteiger partial charge on any atom is -0.350 e. The van der Waals surface area contributed by atoms with Gasteiger partial charge >= 0.3 is 0 Å². The van der Waals surface area contributed by atoms with Gasteiger partial charge in [0.25, 0.3) is 0 Å². The summed E-state index contributed by atoms with van der Waals surface area (Å²) in [6.07, 6.45) is 5.96. The average Bonchev–Trinajstić information content (AvgIpc) is 3.32. The van der Waals surface area contributed by atoms with Gasteiger partial charge in [-0.25, -0.2) is 4.98 Å². The highest BCUT2D eigenvalue weighted by Gasteiger charge is 2.25. The molecule has 1 amide bonds. The molecule has 1 saturated heterocycles. The molecule has 2 aromatic heterocycles. The zero-order valence-corrected chi connectivity index (χ0v) is 13.9. The Balaban J connectivity index is 1.31. The molecule has 122 valence electrons. The van der Waals surface area contributed by atoms with Crippen LogP contribution in [0, 0.1) is 5.92 Å². The van der Waals surface area contributed by atoms with E-state index >= 15 is 0 Å². The summed E-state index contributed by atoms with van der Waals surface area (Å²) < 4.78 is 1.99. The van der Waals surface area contributed by atoms with Gasteiger partial charge in [-0.05, 0) is 25.3 Å². The molecule has 0 saturated carbocycles. The Morgan fingerprint density at radius 1 is 1.35 bits per heavy atom. The monoisotopic (exact) mass is 331 g/mol. The summed E-state index contributed by atoms with van der Waals surface area (Å²) in [6.45, 7) is 3.57. The number of thiazole rings is 1. The van der Waals surface area contributed by atoms with Gasteiger partial charge in [-0.3, -0.25) is 9.48 Å². The van der Waals surface area contributed by atoms with Crippen LogP contribution in [0.4, 0.5) is 5.13 Å². The van der Waals surface area contributed by atoms with Gasteiger partial charge in [-0.15, -0.1) is 11.3 Å². The molecule has 6 nitrogen and oxygen atoms in total. The first kappa shape index (κ1) is 14.7. The van der Waals surface area contributed by atoms with Crippen molar-refractivity contribution in [2.75, 3.05) is 18.0 Å². The average molecular weight is 331 g/mol. The molecular formula is C16H21N5OS. The molecule has 0 bridgehead atoms. The summed E-state index contributed by atoms with van der Waals surface area (Å²) in [6, 6.07) is 2.00. The molecule has 0 aromatic carbocycles. The fourth-order valence-corrected chi connectivity index (χ4v) is 4.22. The van der Waals surface area contributed by atoms with E-state index in [1.165, 1.54) is 12.8 Å². The van der Waals surface area contributed by atoms with E-state index < -0.39 is 0 Å². The third kappa shape index (κ3) is 3.10. The van der Waals surface area contributed by atoms with Crippen LogP contribution in [-0.4, -0.2) is 33.8 Å². The van der Waals surface area contributed by atoms with Crippen LogP contribution in [-0.2, 0) is 24.3 Å². The molecule has 0 spiro atoms. The van der Waals surface area contributed by atoms with E-state index in [2.05, 4.69) is 25.7 Å². The van der Waals surface area contributed by atoms with Gasteiger partial charge in [0.1, 0.15) is 0 Å². The highest BCUT2D eigenvalue weighted by Crippen LogP contribution is 2.24. The lowest BCUT2D eigenvalue weighted by molar-refractivity contribution is -0.125. The van der Waals surface area contributed by atoms with E-state index in [1.54, 1.807) is 11.3 Å². The molecule has 1 N–H and O–H groups in total. The number of hydrogen-bond donors (Lipinski definition) is 1.